The van der Waals surface area contributed by atoms with E-state index >= 15 is 0 Å². The van der Waals surface area contributed by atoms with E-state index < -0.39 is 6.10 Å². The third kappa shape index (κ3) is 3.94. The Balaban J connectivity index is 2.66. The Bertz CT molecular complexity index is 388. The average molecular weight is 233 g/mol. The quantitative estimate of drug-likeness (QED) is 0.766. The van der Waals surface area contributed by atoms with Crippen LogP contribution in [-0.4, -0.2) is 18.6 Å². The Hall–Kier alpha value is -1.77. The van der Waals surface area contributed by atoms with Gasteiger partial charge in [0.2, 0.25) is 0 Å². The summed E-state index contributed by atoms with van der Waals surface area (Å²) in [6.45, 7) is 7.91. The second kappa shape index (κ2) is 6.74. The van der Waals surface area contributed by atoms with Crippen molar-refractivity contribution in [2.75, 3.05) is 6.54 Å². The SMILES string of the molecule is C=CCNC(=O)[C@@H](CC)Oc1ccccc1C. The lowest BCUT2D eigenvalue weighted by Crippen LogP contribution is -2.38. The first-order valence-electron chi connectivity index (χ1n) is 5.80. The topological polar surface area (TPSA) is 38.3 Å². The summed E-state index contributed by atoms with van der Waals surface area (Å²) in [6, 6.07) is 7.68. The number of aryl methyl sites for hydroxylation is 1. The van der Waals surface area contributed by atoms with Gasteiger partial charge < -0.3 is 10.1 Å². The van der Waals surface area contributed by atoms with E-state index in [-0.39, 0.29) is 5.91 Å². The molecule has 1 aromatic rings. The Morgan fingerprint density at radius 3 is 2.82 bits per heavy atom. The number of hydrogen-bond donors (Lipinski definition) is 1. The molecule has 92 valence electrons. The zero-order chi connectivity index (χ0) is 12.7. The molecule has 1 rings (SSSR count). The molecule has 0 heterocycles. The molecule has 0 spiro atoms. The van der Waals surface area contributed by atoms with Crippen molar-refractivity contribution in [3.8, 4) is 5.75 Å². The smallest absolute Gasteiger partial charge is 0.261 e. The van der Waals surface area contributed by atoms with E-state index in [0.29, 0.717) is 13.0 Å². The minimum Gasteiger partial charge on any atom is -0.480 e. The van der Waals surface area contributed by atoms with Crippen molar-refractivity contribution in [3.05, 3.63) is 42.5 Å². The Labute approximate surface area is 102 Å². The van der Waals surface area contributed by atoms with Crippen LogP contribution in [0.15, 0.2) is 36.9 Å². The molecule has 0 saturated carbocycles. The van der Waals surface area contributed by atoms with Gasteiger partial charge in [-0.25, -0.2) is 0 Å². The predicted molar refractivity (Wildman–Crippen MR) is 69.1 cm³/mol. The van der Waals surface area contributed by atoms with Crippen LogP contribution in [0.4, 0.5) is 0 Å². The minimum absolute atomic E-state index is 0.101. The van der Waals surface area contributed by atoms with E-state index in [1.165, 1.54) is 0 Å². The van der Waals surface area contributed by atoms with Crippen LogP contribution >= 0.6 is 0 Å². The Morgan fingerprint density at radius 2 is 2.24 bits per heavy atom. The monoisotopic (exact) mass is 233 g/mol. The van der Waals surface area contributed by atoms with Crippen LogP contribution in [0.5, 0.6) is 5.75 Å². The van der Waals surface area contributed by atoms with Gasteiger partial charge in [0.1, 0.15) is 5.75 Å². The van der Waals surface area contributed by atoms with Crippen LogP contribution in [0.2, 0.25) is 0 Å². The molecule has 1 aromatic carbocycles. The van der Waals surface area contributed by atoms with Crippen LogP contribution in [0.25, 0.3) is 0 Å². The lowest BCUT2D eigenvalue weighted by molar-refractivity contribution is -0.127. The summed E-state index contributed by atoms with van der Waals surface area (Å²) >= 11 is 0. The normalized spacial score (nSPS) is 11.6. The highest BCUT2D eigenvalue weighted by Crippen LogP contribution is 2.18. The fraction of sp³-hybridized carbons (Fsp3) is 0.357. The van der Waals surface area contributed by atoms with E-state index in [1.807, 2.05) is 38.1 Å². The molecule has 0 fully saturated rings. The molecule has 0 aromatic heterocycles. The molecule has 3 nitrogen and oxygen atoms in total. The molecule has 17 heavy (non-hydrogen) atoms. The van der Waals surface area contributed by atoms with Gasteiger partial charge in [-0.05, 0) is 25.0 Å². The van der Waals surface area contributed by atoms with E-state index in [4.69, 9.17) is 4.74 Å². The van der Waals surface area contributed by atoms with E-state index in [2.05, 4.69) is 11.9 Å². The van der Waals surface area contributed by atoms with E-state index in [9.17, 15) is 4.79 Å². The van der Waals surface area contributed by atoms with Gasteiger partial charge in [0, 0.05) is 6.54 Å². The van der Waals surface area contributed by atoms with Crippen molar-refractivity contribution >= 4 is 5.91 Å². The molecule has 0 radical (unpaired) electrons. The first-order chi connectivity index (χ1) is 8.19. The summed E-state index contributed by atoms with van der Waals surface area (Å²) in [5.74, 6) is 0.656. The third-order valence-corrected chi connectivity index (χ3v) is 2.45. The molecule has 1 atom stereocenters. The number of para-hydroxylation sites is 1. The lowest BCUT2D eigenvalue weighted by Gasteiger charge is -2.18. The number of carbonyl (C=O) groups is 1. The molecule has 0 bridgehead atoms. The van der Waals surface area contributed by atoms with Crippen LogP contribution in [0.3, 0.4) is 0 Å². The number of amides is 1. The zero-order valence-electron chi connectivity index (χ0n) is 10.4. The zero-order valence-corrected chi connectivity index (χ0v) is 10.4. The minimum atomic E-state index is -0.448. The maximum Gasteiger partial charge on any atom is 0.261 e. The van der Waals surface area contributed by atoms with Crippen molar-refractivity contribution in [2.45, 2.75) is 26.4 Å². The van der Waals surface area contributed by atoms with Gasteiger partial charge in [-0.2, -0.15) is 0 Å². The van der Waals surface area contributed by atoms with E-state index in [0.717, 1.165) is 11.3 Å². The Morgan fingerprint density at radius 1 is 1.53 bits per heavy atom. The summed E-state index contributed by atoms with van der Waals surface area (Å²) in [7, 11) is 0. The fourth-order valence-corrected chi connectivity index (χ4v) is 1.45. The molecule has 1 N–H and O–H groups in total. The molecule has 3 heteroatoms. The molecular formula is C14H19NO2. The van der Waals surface area contributed by atoms with Gasteiger partial charge in [0.15, 0.2) is 6.10 Å². The molecule has 0 saturated heterocycles. The van der Waals surface area contributed by atoms with Crippen molar-refractivity contribution in [1.29, 1.82) is 0 Å². The van der Waals surface area contributed by atoms with Crippen LogP contribution in [0.1, 0.15) is 18.9 Å². The van der Waals surface area contributed by atoms with Crippen LogP contribution < -0.4 is 10.1 Å². The van der Waals surface area contributed by atoms with Crippen LogP contribution in [-0.2, 0) is 4.79 Å². The number of rotatable bonds is 6. The lowest BCUT2D eigenvalue weighted by atomic mass is 10.2. The van der Waals surface area contributed by atoms with Gasteiger partial charge in [-0.15, -0.1) is 6.58 Å². The van der Waals surface area contributed by atoms with Gasteiger partial charge in [0.25, 0.3) is 5.91 Å². The molecular weight excluding hydrogens is 214 g/mol. The number of nitrogens with one attached hydrogen (secondary N) is 1. The number of benzene rings is 1. The molecule has 1 amide bonds. The Kier molecular flexibility index (Phi) is 5.27. The highest BCUT2D eigenvalue weighted by Gasteiger charge is 2.17. The maximum atomic E-state index is 11.8. The third-order valence-electron chi connectivity index (χ3n) is 2.45. The second-order valence-corrected chi connectivity index (χ2v) is 3.81. The predicted octanol–water partition coefficient (Wildman–Crippen LogP) is 2.45. The first-order valence-corrected chi connectivity index (χ1v) is 5.80. The van der Waals surface area contributed by atoms with Crippen molar-refractivity contribution in [2.24, 2.45) is 0 Å². The van der Waals surface area contributed by atoms with Gasteiger partial charge in [-0.1, -0.05) is 31.2 Å². The highest BCUT2D eigenvalue weighted by molar-refractivity contribution is 5.81. The molecule has 0 unspecified atom stereocenters. The number of ether oxygens (including phenoxy) is 1. The summed E-state index contributed by atoms with van der Waals surface area (Å²) in [4.78, 5) is 11.8. The highest BCUT2D eigenvalue weighted by atomic mass is 16.5. The largest absolute Gasteiger partial charge is 0.480 e. The summed E-state index contributed by atoms with van der Waals surface area (Å²) in [6.07, 6.45) is 1.84. The van der Waals surface area contributed by atoms with Gasteiger partial charge in [-0.3, -0.25) is 4.79 Å². The summed E-state index contributed by atoms with van der Waals surface area (Å²) < 4.78 is 5.71. The molecule has 0 aliphatic carbocycles. The van der Waals surface area contributed by atoms with Crippen molar-refractivity contribution in [1.82, 2.24) is 5.32 Å². The number of carbonyl (C=O) groups excluding carboxylic acids is 1. The summed E-state index contributed by atoms with van der Waals surface area (Å²) in [5, 5.41) is 2.74. The standard InChI is InChI=1S/C14H19NO2/c1-4-10-15-14(16)12(5-2)17-13-9-7-6-8-11(13)3/h4,6-9,12H,1,5,10H2,2-3H3,(H,15,16)/t12-/m1/s1. The second-order valence-electron chi connectivity index (χ2n) is 3.81. The van der Waals surface area contributed by atoms with Crippen molar-refractivity contribution in [3.63, 3.8) is 0 Å². The summed E-state index contributed by atoms with van der Waals surface area (Å²) in [5.41, 5.74) is 1.03. The van der Waals surface area contributed by atoms with Gasteiger partial charge >= 0.3 is 0 Å². The first kappa shape index (κ1) is 13.3. The van der Waals surface area contributed by atoms with Crippen molar-refractivity contribution < 1.29 is 9.53 Å². The van der Waals surface area contributed by atoms with Crippen LogP contribution in [0, 0.1) is 6.92 Å². The fourth-order valence-electron chi connectivity index (χ4n) is 1.45. The average Bonchev–Trinajstić information content (AvgIpc) is 2.35. The maximum absolute atomic E-state index is 11.8. The number of hydrogen-bond acceptors (Lipinski definition) is 2. The molecule has 0 aliphatic heterocycles. The molecule has 0 aliphatic rings. The van der Waals surface area contributed by atoms with E-state index in [1.54, 1.807) is 6.08 Å². The van der Waals surface area contributed by atoms with Gasteiger partial charge in [0.05, 0.1) is 0 Å².